The largest absolute Gasteiger partial charge is 0.338 e. The van der Waals surface area contributed by atoms with Crippen molar-refractivity contribution >= 4 is 29.1 Å². The van der Waals surface area contributed by atoms with Gasteiger partial charge in [0, 0.05) is 37.8 Å². The van der Waals surface area contributed by atoms with E-state index >= 15 is 0 Å². The number of hydrogen-bond donors (Lipinski definition) is 2. The molecule has 140 valence electrons. The molecule has 0 aliphatic carbocycles. The average Bonchev–Trinajstić information content (AvgIpc) is 2.97. The third-order valence-electron chi connectivity index (χ3n) is 4.66. The highest BCUT2D eigenvalue weighted by Gasteiger charge is 2.34. The van der Waals surface area contributed by atoms with E-state index in [9.17, 15) is 14.4 Å². The van der Waals surface area contributed by atoms with Crippen molar-refractivity contribution in [3.63, 3.8) is 0 Å². The molecule has 6 heteroatoms. The summed E-state index contributed by atoms with van der Waals surface area (Å²) in [5, 5.41) is 5.53. The summed E-state index contributed by atoms with van der Waals surface area (Å²) in [7, 11) is 0. The first kappa shape index (κ1) is 18.6. The van der Waals surface area contributed by atoms with Gasteiger partial charge in [0.25, 0.3) is 0 Å². The van der Waals surface area contributed by atoms with Crippen LogP contribution in [0.5, 0.6) is 0 Å². The van der Waals surface area contributed by atoms with Crippen molar-refractivity contribution < 1.29 is 14.4 Å². The van der Waals surface area contributed by atoms with Gasteiger partial charge in [0.1, 0.15) is 0 Å². The molecular weight excluding hydrogens is 342 g/mol. The lowest BCUT2D eigenvalue weighted by Gasteiger charge is -2.18. The summed E-state index contributed by atoms with van der Waals surface area (Å²) in [6.07, 6.45) is 0.211. The number of nitrogens with one attached hydrogen (secondary N) is 2. The fraction of sp³-hybridized carbons (Fsp3) is 0.286. The molecule has 2 aromatic rings. The van der Waals surface area contributed by atoms with Crippen LogP contribution in [0.4, 0.5) is 11.4 Å². The van der Waals surface area contributed by atoms with Crippen molar-refractivity contribution in [1.82, 2.24) is 4.90 Å². The summed E-state index contributed by atoms with van der Waals surface area (Å²) in [6.45, 7) is 4.37. The Balaban J connectivity index is 1.62. The molecule has 1 atom stereocenters. The van der Waals surface area contributed by atoms with E-state index in [2.05, 4.69) is 10.6 Å². The number of benzene rings is 2. The maximum absolute atomic E-state index is 12.6. The molecule has 0 aromatic heterocycles. The van der Waals surface area contributed by atoms with Crippen molar-refractivity contribution in [3.8, 4) is 0 Å². The molecule has 2 aromatic carbocycles. The maximum Gasteiger partial charge on any atom is 0.229 e. The number of likely N-dealkylation sites (tertiary alicyclic amines) is 1. The summed E-state index contributed by atoms with van der Waals surface area (Å²) >= 11 is 0. The molecule has 3 amide bonds. The number of amides is 3. The van der Waals surface area contributed by atoms with Gasteiger partial charge in [0.2, 0.25) is 17.7 Å². The first-order valence-electron chi connectivity index (χ1n) is 8.93. The molecular formula is C21H23N3O3. The van der Waals surface area contributed by atoms with Crippen molar-refractivity contribution in [2.45, 2.75) is 26.8 Å². The SMILES string of the molecule is CC(=O)Nc1cccc(NC(=O)C2CC(=O)N(Cc3ccccc3C)C2)c1. The molecule has 0 spiro atoms. The minimum absolute atomic E-state index is 0.00889. The highest BCUT2D eigenvalue weighted by atomic mass is 16.2. The van der Waals surface area contributed by atoms with E-state index in [0.717, 1.165) is 11.1 Å². The molecule has 1 aliphatic heterocycles. The Bertz CT molecular complexity index is 878. The minimum atomic E-state index is -0.383. The minimum Gasteiger partial charge on any atom is -0.338 e. The van der Waals surface area contributed by atoms with Crippen LogP contribution in [-0.2, 0) is 20.9 Å². The van der Waals surface area contributed by atoms with E-state index in [1.54, 1.807) is 29.2 Å². The van der Waals surface area contributed by atoms with Crippen molar-refractivity contribution in [2.75, 3.05) is 17.2 Å². The predicted octanol–water partition coefficient (Wildman–Crippen LogP) is 2.94. The summed E-state index contributed by atoms with van der Waals surface area (Å²) in [4.78, 5) is 37.8. The van der Waals surface area contributed by atoms with Gasteiger partial charge in [0.15, 0.2) is 0 Å². The van der Waals surface area contributed by atoms with Gasteiger partial charge in [-0.25, -0.2) is 0 Å². The topological polar surface area (TPSA) is 78.5 Å². The second kappa shape index (κ2) is 8.03. The van der Waals surface area contributed by atoms with Crippen molar-refractivity contribution in [1.29, 1.82) is 0 Å². The van der Waals surface area contributed by atoms with Crippen molar-refractivity contribution in [3.05, 3.63) is 59.7 Å². The Labute approximate surface area is 158 Å². The van der Waals surface area contributed by atoms with E-state index in [-0.39, 0.29) is 30.1 Å². The van der Waals surface area contributed by atoms with Crippen LogP contribution in [0.25, 0.3) is 0 Å². The van der Waals surface area contributed by atoms with Gasteiger partial charge in [0.05, 0.1) is 5.92 Å². The second-order valence-electron chi connectivity index (χ2n) is 6.85. The molecule has 1 heterocycles. The maximum atomic E-state index is 12.6. The number of hydrogen-bond acceptors (Lipinski definition) is 3. The lowest BCUT2D eigenvalue weighted by atomic mass is 10.1. The molecule has 6 nitrogen and oxygen atoms in total. The Morgan fingerprint density at radius 3 is 2.48 bits per heavy atom. The summed E-state index contributed by atoms with van der Waals surface area (Å²) in [5.41, 5.74) is 3.43. The lowest BCUT2D eigenvalue weighted by molar-refractivity contribution is -0.128. The zero-order valence-corrected chi connectivity index (χ0v) is 15.5. The van der Waals surface area contributed by atoms with Crippen LogP contribution in [0.15, 0.2) is 48.5 Å². The van der Waals surface area contributed by atoms with Crippen LogP contribution in [0.3, 0.4) is 0 Å². The monoisotopic (exact) mass is 365 g/mol. The number of carbonyl (C=O) groups is 3. The van der Waals surface area contributed by atoms with E-state index in [4.69, 9.17) is 0 Å². The smallest absolute Gasteiger partial charge is 0.229 e. The molecule has 2 N–H and O–H groups in total. The third kappa shape index (κ3) is 4.73. The van der Waals surface area contributed by atoms with Gasteiger partial charge < -0.3 is 15.5 Å². The highest BCUT2D eigenvalue weighted by Crippen LogP contribution is 2.23. The van der Waals surface area contributed by atoms with Crippen LogP contribution in [0, 0.1) is 12.8 Å². The molecule has 1 saturated heterocycles. The molecule has 3 rings (SSSR count). The van der Waals surface area contributed by atoms with Gasteiger partial charge in [-0.05, 0) is 36.2 Å². The quantitative estimate of drug-likeness (QED) is 0.855. The molecule has 0 radical (unpaired) electrons. The average molecular weight is 365 g/mol. The fourth-order valence-electron chi connectivity index (χ4n) is 3.22. The third-order valence-corrected chi connectivity index (χ3v) is 4.66. The zero-order chi connectivity index (χ0) is 19.4. The predicted molar refractivity (Wildman–Crippen MR) is 104 cm³/mol. The first-order valence-corrected chi connectivity index (χ1v) is 8.93. The van der Waals surface area contributed by atoms with Gasteiger partial charge >= 0.3 is 0 Å². The van der Waals surface area contributed by atoms with Crippen LogP contribution in [0.2, 0.25) is 0 Å². The molecule has 1 unspecified atom stereocenters. The second-order valence-corrected chi connectivity index (χ2v) is 6.85. The molecule has 0 bridgehead atoms. The van der Waals surface area contributed by atoms with Gasteiger partial charge in [-0.1, -0.05) is 30.3 Å². The van der Waals surface area contributed by atoms with Crippen LogP contribution >= 0.6 is 0 Å². The van der Waals surface area contributed by atoms with Gasteiger partial charge in [-0.2, -0.15) is 0 Å². The Morgan fingerprint density at radius 2 is 1.78 bits per heavy atom. The molecule has 0 saturated carbocycles. The van der Waals surface area contributed by atoms with Crippen LogP contribution < -0.4 is 10.6 Å². The zero-order valence-electron chi connectivity index (χ0n) is 15.5. The van der Waals surface area contributed by atoms with Gasteiger partial charge in [-0.15, -0.1) is 0 Å². The summed E-state index contributed by atoms with van der Waals surface area (Å²) in [5.74, 6) is -0.751. The fourth-order valence-corrected chi connectivity index (χ4v) is 3.22. The molecule has 1 aliphatic rings. The van der Waals surface area contributed by atoms with Gasteiger partial charge in [-0.3, -0.25) is 14.4 Å². The van der Waals surface area contributed by atoms with E-state index in [1.165, 1.54) is 6.92 Å². The van der Waals surface area contributed by atoms with E-state index < -0.39 is 0 Å². The highest BCUT2D eigenvalue weighted by molar-refractivity contribution is 5.98. The van der Waals surface area contributed by atoms with Crippen LogP contribution in [-0.4, -0.2) is 29.2 Å². The Hall–Kier alpha value is -3.15. The Kier molecular flexibility index (Phi) is 5.54. The standard InChI is InChI=1S/C21H23N3O3/c1-14-6-3-4-7-16(14)12-24-13-17(10-20(24)26)21(27)23-19-9-5-8-18(11-19)22-15(2)25/h3-9,11,17H,10,12-13H2,1-2H3,(H,22,25)(H,23,27). The van der Waals surface area contributed by atoms with E-state index in [1.807, 2.05) is 31.2 Å². The Morgan fingerprint density at radius 1 is 1.07 bits per heavy atom. The first-order chi connectivity index (χ1) is 12.9. The summed E-state index contributed by atoms with van der Waals surface area (Å²) in [6, 6.07) is 14.9. The molecule has 27 heavy (non-hydrogen) atoms. The number of carbonyl (C=O) groups excluding carboxylic acids is 3. The summed E-state index contributed by atoms with van der Waals surface area (Å²) < 4.78 is 0. The number of anilines is 2. The number of rotatable bonds is 5. The number of nitrogens with zero attached hydrogens (tertiary/aromatic N) is 1. The van der Waals surface area contributed by atoms with E-state index in [0.29, 0.717) is 24.5 Å². The van der Waals surface area contributed by atoms with Crippen molar-refractivity contribution in [2.24, 2.45) is 5.92 Å². The molecule has 1 fully saturated rings. The number of aryl methyl sites for hydroxylation is 1. The normalized spacial score (nSPS) is 16.3. The lowest BCUT2D eigenvalue weighted by Crippen LogP contribution is -2.28. The van der Waals surface area contributed by atoms with Crippen LogP contribution in [0.1, 0.15) is 24.5 Å².